The lowest BCUT2D eigenvalue weighted by Crippen LogP contribution is -2.48. The third kappa shape index (κ3) is 5.34. The lowest BCUT2D eigenvalue weighted by atomic mass is 9.73. The smallest absolute Gasteiger partial charge is 0.324 e. The molecule has 0 unspecified atom stereocenters. The lowest BCUT2D eigenvalue weighted by Gasteiger charge is -2.37. The van der Waals surface area contributed by atoms with E-state index in [0.717, 1.165) is 6.54 Å². The lowest BCUT2D eigenvalue weighted by molar-refractivity contribution is -0.124. The minimum absolute atomic E-state index is 0. The highest BCUT2D eigenvalue weighted by atomic mass is 127. The number of amides is 3. The molecule has 2 fully saturated rings. The molecule has 3 N–H and O–H groups in total. The van der Waals surface area contributed by atoms with Crippen LogP contribution in [0.2, 0.25) is 0 Å². The first-order valence-corrected chi connectivity index (χ1v) is 10.1. The van der Waals surface area contributed by atoms with E-state index in [1.165, 1.54) is 41.9 Å². The number of hydrogen-bond donors (Lipinski definition) is 3. The Morgan fingerprint density at radius 1 is 1.30 bits per heavy atom. The molecule has 0 spiro atoms. The number of urea groups is 1. The number of thiophene rings is 1. The number of imide groups is 1. The molecule has 0 atom stereocenters. The van der Waals surface area contributed by atoms with E-state index >= 15 is 0 Å². The number of nitrogens with one attached hydrogen (secondary N) is 3. The highest BCUT2D eigenvalue weighted by Gasteiger charge is 2.35. The first-order chi connectivity index (χ1) is 12.6. The molecule has 7 nitrogen and oxygen atoms in total. The summed E-state index contributed by atoms with van der Waals surface area (Å²) in [5.74, 6) is 0.525. The molecular weight excluding hydrogens is 477 g/mol. The predicted molar refractivity (Wildman–Crippen MR) is 119 cm³/mol. The van der Waals surface area contributed by atoms with Crippen LogP contribution in [0.3, 0.4) is 0 Å². The van der Waals surface area contributed by atoms with Crippen molar-refractivity contribution in [2.45, 2.75) is 37.5 Å². The van der Waals surface area contributed by atoms with Crippen molar-refractivity contribution in [1.29, 1.82) is 0 Å². The van der Waals surface area contributed by atoms with Crippen molar-refractivity contribution in [1.82, 2.24) is 20.9 Å². The van der Waals surface area contributed by atoms with E-state index in [0.29, 0.717) is 19.0 Å². The van der Waals surface area contributed by atoms with Crippen LogP contribution in [0.1, 0.15) is 37.0 Å². The van der Waals surface area contributed by atoms with Crippen molar-refractivity contribution in [3.8, 4) is 0 Å². The molecule has 1 saturated heterocycles. The summed E-state index contributed by atoms with van der Waals surface area (Å²) in [4.78, 5) is 30.1. The molecule has 3 rings (SSSR count). The van der Waals surface area contributed by atoms with Gasteiger partial charge in [-0.1, -0.05) is 25.3 Å². The molecular formula is C18H28IN5O2S. The fourth-order valence-corrected chi connectivity index (χ4v) is 4.75. The Hall–Kier alpha value is -1.36. The van der Waals surface area contributed by atoms with Crippen LogP contribution in [-0.2, 0) is 10.2 Å². The normalized spacial score (nSPS) is 19.4. The molecule has 0 aromatic carbocycles. The van der Waals surface area contributed by atoms with E-state index in [1.54, 1.807) is 7.05 Å². The van der Waals surface area contributed by atoms with Gasteiger partial charge in [-0.25, -0.2) is 4.79 Å². The number of halogens is 1. The van der Waals surface area contributed by atoms with Crippen LogP contribution in [0.5, 0.6) is 0 Å². The standard InChI is InChI=1S/C18H27N5O2S.HI/c1-19-16(20-9-10-23-15(24)12-21-17(23)25)22-13-18(7-3-2-4-8-18)14-6-5-11-26-14;/h5-6,11H,2-4,7-10,12-13H2,1H3,(H,21,25)(H2,19,20,22);1H. The summed E-state index contributed by atoms with van der Waals surface area (Å²) in [6.07, 6.45) is 6.22. The summed E-state index contributed by atoms with van der Waals surface area (Å²) < 4.78 is 0. The average Bonchev–Trinajstić information content (AvgIpc) is 3.31. The molecule has 1 aromatic rings. The zero-order valence-corrected chi connectivity index (χ0v) is 18.8. The summed E-state index contributed by atoms with van der Waals surface area (Å²) in [5, 5.41) is 11.3. The van der Waals surface area contributed by atoms with Crippen molar-refractivity contribution in [2.24, 2.45) is 4.99 Å². The molecule has 1 aliphatic heterocycles. The summed E-state index contributed by atoms with van der Waals surface area (Å²) in [6.45, 7) is 1.75. The van der Waals surface area contributed by atoms with E-state index in [4.69, 9.17) is 0 Å². The Morgan fingerprint density at radius 3 is 2.67 bits per heavy atom. The Bertz CT molecular complexity index is 643. The van der Waals surface area contributed by atoms with Gasteiger partial charge in [0.1, 0.15) is 0 Å². The zero-order valence-electron chi connectivity index (χ0n) is 15.6. The number of guanidine groups is 1. The highest BCUT2D eigenvalue weighted by molar-refractivity contribution is 14.0. The van der Waals surface area contributed by atoms with Gasteiger partial charge in [-0.05, 0) is 24.3 Å². The number of nitrogens with zero attached hydrogens (tertiary/aromatic N) is 2. The first-order valence-electron chi connectivity index (χ1n) is 9.21. The van der Waals surface area contributed by atoms with Crippen molar-refractivity contribution in [2.75, 3.05) is 33.2 Å². The van der Waals surface area contributed by atoms with Crippen molar-refractivity contribution < 1.29 is 9.59 Å². The SMILES string of the molecule is CN=C(NCCN1C(=O)CNC1=O)NCC1(c2cccs2)CCCCC1.I. The Kier molecular flexibility index (Phi) is 8.33. The predicted octanol–water partition coefficient (Wildman–Crippen LogP) is 2.28. The third-order valence-corrected chi connectivity index (χ3v) is 6.35. The zero-order chi connectivity index (χ0) is 18.4. The van der Waals surface area contributed by atoms with Gasteiger partial charge in [0.25, 0.3) is 0 Å². The van der Waals surface area contributed by atoms with Gasteiger partial charge in [0.2, 0.25) is 5.91 Å². The summed E-state index contributed by atoms with van der Waals surface area (Å²) in [6, 6.07) is 4.05. The number of carbonyl (C=O) groups is 2. The Morgan fingerprint density at radius 2 is 2.07 bits per heavy atom. The Labute approximate surface area is 181 Å². The minimum Gasteiger partial charge on any atom is -0.355 e. The van der Waals surface area contributed by atoms with E-state index in [1.807, 2.05) is 11.3 Å². The molecule has 3 amide bonds. The van der Waals surface area contributed by atoms with Crippen LogP contribution in [0.4, 0.5) is 4.79 Å². The second-order valence-electron chi connectivity index (χ2n) is 6.87. The number of carbonyl (C=O) groups excluding carboxylic acids is 2. The molecule has 2 aliphatic rings. The number of aliphatic imine (C=N–C) groups is 1. The molecule has 0 radical (unpaired) electrons. The van der Waals surface area contributed by atoms with Crippen molar-refractivity contribution >= 4 is 53.2 Å². The van der Waals surface area contributed by atoms with E-state index in [9.17, 15) is 9.59 Å². The largest absolute Gasteiger partial charge is 0.355 e. The van der Waals surface area contributed by atoms with Crippen LogP contribution < -0.4 is 16.0 Å². The van der Waals surface area contributed by atoms with Gasteiger partial charge in [0, 0.05) is 37.0 Å². The van der Waals surface area contributed by atoms with Crippen LogP contribution in [0, 0.1) is 0 Å². The van der Waals surface area contributed by atoms with Gasteiger partial charge in [0.15, 0.2) is 5.96 Å². The Balaban J connectivity index is 0.00000261. The van der Waals surface area contributed by atoms with Gasteiger partial charge < -0.3 is 16.0 Å². The number of rotatable bonds is 6. The molecule has 1 saturated carbocycles. The molecule has 9 heteroatoms. The third-order valence-electron chi connectivity index (χ3n) is 5.24. The molecule has 0 bridgehead atoms. The van der Waals surface area contributed by atoms with Gasteiger partial charge >= 0.3 is 6.03 Å². The topological polar surface area (TPSA) is 85.8 Å². The second kappa shape index (κ2) is 10.3. The van der Waals surface area contributed by atoms with E-state index < -0.39 is 0 Å². The van der Waals surface area contributed by atoms with Gasteiger partial charge in [-0.3, -0.25) is 14.7 Å². The first kappa shape index (κ1) is 21.9. The second-order valence-corrected chi connectivity index (χ2v) is 7.82. The summed E-state index contributed by atoms with van der Waals surface area (Å²) >= 11 is 1.83. The van der Waals surface area contributed by atoms with E-state index in [-0.39, 0.29) is 47.9 Å². The van der Waals surface area contributed by atoms with Crippen LogP contribution >= 0.6 is 35.3 Å². The molecule has 2 heterocycles. The number of hydrogen-bond acceptors (Lipinski definition) is 4. The fraction of sp³-hybridized carbons (Fsp3) is 0.611. The highest BCUT2D eigenvalue weighted by Crippen LogP contribution is 2.41. The summed E-state index contributed by atoms with van der Waals surface area (Å²) in [7, 11) is 1.74. The maximum Gasteiger partial charge on any atom is 0.324 e. The maximum absolute atomic E-state index is 11.6. The quantitative estimate of drug-likeness (QED) is 0.240. The van der Waals surface area contributed by atoms with Gasteiger partial charge in [-0.15, -0.1) is 35.3 Å². The minimum atomic E-state index is -0.321. The van der Waals surface area contributed by atoms with Crippen molar-refractivity contribution in [3.63, 3.8) is 0 Å². The molecule has 150 valence electrons. The monoisotopic (exact) mass is 505 g/mol. The van der Waals surface area contributed by atoms with E-state index in [2.05, 4.69) is 38.5 Å². The van der Waals surface area contributed by atoms with Gasteiger partial charge in [-0.2, -0.15) is 0 Å². The fourth-order valence-electron chi connectivity index (χ4n) is 3.76. The van der Waals surface area contributed by atoms with Crippen LogP contribution in [0.25, 0.3) is 0 Å². The summed E-state index contributed by atoms with van der Waals surface area (Å²) in [5.41, 5.74) is 0.175. The van der Waals surface area contributed by atoms with Crippen molar-refractivity contribution in [3.05, 3.63) is 22.4 Å². The maximum atomic E-state index is 11.6. The molecule has 1 aromatic heterocycles. The van der Waals surface area contributed by atoms with Crippen LogP contribution in [0.15, 0.2) is 22.5 Å². The molecule has 27 heavy (non-hydrogen) atoms. The molecule has 1 aliphatic carbocycles. The average molecular weight is 505 g/mol. The van der Waals surface area contributed by atoms with Crippen LogP contribution in [-0.4, -0.2) is 56.0 Å². The van der Waals surface area contributed by atoms with Gasteiger partial charge in [0.05, 0.1) is 6.54 Å².